The van der Waals surface area contributed by atoms with Gasteiger partial charge in [0, 0.05) is 6.54 Å². The first-order chi connectivity index (χ1) is 6.81. The summed E-state index contributed by atoms with van der Waals surface area (Å²) in [5.74, 6) is 2.15. The minimum atomic E-state index is 0.563. The Bertz CT molecular complexity index is 369. The molecule has 1 fully saturated rings. The first-order valence-corrected chi connectivity index (χ1v) is 4.77. The molecule has 4 nitrogen and oxygen atoms in total. The number of nitriles is 1. The van der Waals surface area contributed by atoms with Crippen LogP contribution in [0.2, 0.25) is 0 Å². The molecular weight excluding hydrogens is 176 g/mol. The average Bonchev–Trinajstić information content (AvgIpc) is 2.92. The van der Waals surface area contributed by atoms with Crippen molar-refractivity contribution in [2.24, 2.45) is 11.8 Å². The van der Waals surface area contributed by atoms with Crippen molar-refractivity contribution in [2.45, 2.75) is 13.3 Å². The molecule has 0 bridgehead atoms. The van der Waals surface area contributed by atoms with Crippen LogP contribution in [0.4, 0.5) is 5.82 Å². The van der Waals surface area contributed by atoms with Crippen molar-refractivity contribution in [3.8, 4) is 6.07 Å². The Kier molecular flexibility index (Phi) is 2.32. The number of anilines is 1. The van der Waals surface area contributed by atoms with Crippen LogP contribution >= 0.6 is 0 Å². The molecule has 1 heterocycles. The number of aromatic nitrogens is 2. The van der Waals surface area contributed by atoms with Gasteiger partial charge in [0.2, 0.25) is 0 Å². The fourth-order valence-corrected chi connectivity index (χ4v) is 1.46. The van der Waals surface area contributed by atoms with E-state index in [9.17, 15) is 0 Å². The molecule has 14 heavy (non-hydrogen) atoms. The number of hydrogen-bond acceptors (Lipinski definition) is 4. The second-order valence-corrected chi connectivity index (χ2v) is 3.76. The number of hydrogen-bond donors (Lipinski definition) is 1. The fourth-order valence-electron chi connectivity index (χ4n) is 1.46. The molecule has 4 heteroatoms. The van der Waals surface area contributed by atoms with E-state index in [1.165, 1.54) is 12.6 Å². The topological polar surface area (TPSA) is 61.6 Å². The van der Waals surface area contributed by atoms with E-state index in [4.69, 9.17) is 5.26 Å². The molecule has 0 aromatic carbocycles. The Labute approximate surface area is 83.0 Å². The van der Waals surface area contributed by atoms with E-state index >= 15 is 0 Å². The van der Waals surface area contributed by atoms with Crippen molar-refractivity contribution in [3.63, 3.8) is 0 Å². The average molecular weight is 188 g/mol. The highest BCUT2D eigenvalue weighted by molar-refractivity contribution is 5.50. The maximum Gasteiger partial charge on any atom is 0.166 e. The summed E-state index contributed by atoms with van der Waals surface area (Å²) in [7, 11) is 0. The SMILES string of the molecule is CC1CC1CNc1nnccc1C#N. The van der Waals surface area contributed by atoms with Crippen molar-refractivity contribution in [2.75, 3.05) is 11.9 Å². The first kappa shape index (κ1) is 8.95. The van der Waals surface area contributed by atoms with Gasteiger partial charge in [-0.3, -0.25) is 0 Å². The first-order valence-electron chi connectivity index (χ1n) is 4.77. The van der Waals surface area contributed by atoms with E-state index in [2.05, 4.69) is 28.5 Å². The highest BCUT2D eigenvalue weighted by Crippen LogP contribution is 2.37. The zero-order valence-electron chi connectivity index (χ0n) is 8.07. The third kappa shape index (κ3) is 1.82. The lowest BCUT2D eigenvalue weighted by molar-refractivity contribution is 0.781. The van der Waals surface area contributed by atoms with Crippen molar-refractivity contribution >= 4 is 5.82 Å². The number of nitrogens with zero attached hydrogens (tertiary/aromatic N) is 3. The molecule has 1 aromatic rings. The van der Waals surface area contributed by atoms with Crippen molar-refractivity contribution < 1.29 is 0 Å². The summed E-state index contributed by atoms with van der Waals surface area (Å²) >= 11 is 0. The molecule has 1 aromatic heterocycles. The summed E-state index contributed by atoms with van der Waals surface area (Å²) in [5.41, 5.74) is 0.563. The monoisotopic (exact) mass is 188 g/mol. The van der Waals surface area contributed by atoms with Gasteiger partial charge in [0.25, 0.3) is 0 Å². The molecule has 0 radical (unpaired) electrons. The van der Waals surface area contributed by atoms with Crippen molar-refractivity contribution in [1.82, 2.24) is 10.2 Å². The second kappa shape index (κ2) is 3.62. The Morgan fingerprint density at radius 2 is 2.50 bits per heavy atom. The largest absolute Gasteiger partial charge is 0.367 e. The predicted octanol–water partition coefficient (Wildman–Crippen LogP) is 1.42. The van der Waals surface area contributed by atoms with Gasteiger partial charge in [0.1, 0.15) is 6.07 Å². The molecule has 1 aliphatic rings. The summed E-state index contributed by atoms with van der Waals surface area (Å²) in [4.78, 5) is 0. The molecule has 0 spiro atoms. The molecule has 1 aliphatic carbocycles. The standard InChI is InChI=1S/C10H12N4/c1-7-4-9(7)6-12-10-8(5-11)2-3-13-14-10/h2-3,7,9H,4,6H2,1H3,(H,12,14). The van der Waals surface area contributed by atoms with Gasteiger partial charge in [-0.1, -0.05) is 6.92 Å². The third-order valence-corrected chi connectivity index (χ3v) is 2.65. The van der Waals surface area contributed by atoms with Crippen LogP contribution in [0.1, 0.15) is 18.9 Å². The van der Waals surface area contributed by atoms with Crippen LogP contribution in [0.5, 0.6) is 0 Å². The van der Waals surface area contributed by atoms with Gasteiger partial charge in [0.15, 0.2) is 5.82 Å². The van der Waals surface area contributed by atoms with E-state index in [-0.39, 0.29) is 0 Å². The molecule has 0 aliphatic heterocycles. The predicted molar refractivity (Wildman–Crippen MR) is 52.5 cm³/mol. The van der Waals surface area contributed by atoms with Gasteiger partial charge >= 0.3 is 0 Å². The van der Waals surface area contributed by atoms with Crippen LogP contribution in [0, 0.1) is 23.2 Å². The summed E-state index contributed by atoms with van der Waals surface area (Å²) in [6.45, 7) is 3.13. The minimum Gasteiger partial charge on any atom is -0.367 e. The van der Waals surface area contributed by atoms with E-state index in [0.717, 1.165) is 18.4 Å². The smallest absolute Gasteiger partial charge is 0.166 e. The Morgan fingerprint density at radius 3 is 3.14 bits per heavy atom. The lowest BCUT2D eigenvalue weighted by Crippen LogP contribution is -2.08. The summed E-state index contributed by atoms with van der Waals surface area (Å²) in [6.07, 6.45) is 2.80. The van der Waals surface area contributed by atoms with Gasteiger partial charge in [-0.25, -0.2) is 0 Å². The number of nitrogens with one attached hydrogen (secondary N) is 1. The quantitative estimate of drug-likeness (QED) is 0.779. The van der Waals surface area contributed by atoms with E-state index < -0.39 is 0 Å². The zero-order chi connectivity index (χ0) is 9.97. The van der Waals surface area contributed by atoms with Crippen LogP contribution in [0.15, 0.2) is 12.3 Å². The Hall–Kier alpha value is -1.63. The molecule has 1 N–H and O–H groups in total. The van der Waals surface area contributed by atoms with Crippen molar-refractivity contribution in [1.29, 1.82) is 5.26 Å². The van der Waals surface area contributed by atoms with E-state index in [0.29, 0.717) is 11.4 Å². The lowest BCUT2D eigenvalue weighted by atomic mass is 10.3. The second-order valence-electron chi connectivity index (χ2n) is 3.76. The van der Waals surface area contributed by atoms with Crippen LogP contribution in [-0.4, -0.2) is 16.7 Å². The highest BCUT2D eigenvalue weighted by Gasteiger charge is 2.32. The lowest BCUT2D eigenvalue weighted by Gasteiger charge is -2.04. The van der Waals surface area contributed by atoms with Crippen LogP contribution in [-0.2, 0) is 0 Å². The maximum atomic E-state index is 8.79. The van der Waals surface area contributed by atoms with Crippen LogP contribution < -0.4 is 5.32 Å². The van der Waals surface area contributed by atoms with E-state index in [1.807, 2.05) is 0 Å². The van der Waals surface area contributed by atoms with Gasteiger partial charge in [-0.05, 0) is 24.3 Å². The molecule has 2 unspecified atom stereocenters. The summed E-state index contributed by atoms with van der Waals surface area (Å²) < 4.78 is 0. The molecular formula is C10H12N4. The van der Waals surface area contributed by atoms with Crippen LogP contribution in [0.25, 0.3) is 0 Å². The Morgan fingerprint density at radius 1 is 1.71 bits per heavy atom. The van der Waals surface area contributed by atoms with Gasteiger partial charge in [-0.2, -0.15) is 10.4 Å². The molecule has 2 atom stereocenters. The fraction of sp³-hybridized carbons (Fsp3) is 0.500. The molecule has 0 amide bonds. The molecule has 72 valence electrons. The summed E-state index contributed by atoms with van der Waals surface area (Å²) in [5, 5.41) is 19.6. The molecule has 2 rings (SSSR count). The normalized spacial score (nSPS) is 24.0. The van der Waals surface area contributed by atoms with Crippen LogP contribution in [0.3, 0.4) is 0 Å². The Balaban J connectivity index is 1.98. The number of rotatable bonds is 3. The molecule has 0 saturated heterocycles. The zero-order valence-corrected chi connectivity index (χ0v) is 8.07. The minimum absolute atomic E-state index is 0.563. The highest BCUT2D eigenvalue weighted by atomic mass is 15.2. The van der Waals surface area contributed by atoms with Gasteiger partial charge in [0.05, 0.1) is 11.8 Å². The van der Waals surface area contributed by atoms with Gasteiger partial charge < -0.3 is 5.32 Å². The molecule has 1 saturated carbocycles. The van der Waals surface area contributed by atoms with Crippen molar-refractivity contribution in [3.05, 3.63) is 17.8 Å². The maximum absolute atomic E-state index is 8.79. The summed E-state index contributed by atoms with van der Waals surface area (Å²) in [6, 6.07) is 3.76. The third-order valence-electron chi connectivity index (χ3n) is 2.65. The van der Waals surface area contributed by atoms with Gasteiger partial charge in [-0.15, -0.1) is 5.10 Å². The van der Waals surface area contributed by atoms with E-state index in [1.54, 1.807) is 6.07 Å².